The summed E-state index contributed by atoms with van der Waals surface area (Å²) in [6.07, 6.45) is 2.82. The van der Waals surface area contributed by atoms with Gasteiger partial charge < -0.3 is 5.73 Å². The lowest BCUT2D eigenvalue weighted by Gasteiger charge is -2.10. The number of benzene rings is 1. The van der Waals surface area contributed by atoms with Gasteiger partial charge in [-0.15, -0.1) is 0 Å². The predicted molar refractivity (Wildman–Crippen MR) is 78.4 cm³/mol. The van der Waals surface area contributed by atoms with Crippen molar-refractivity contribution in [2.24, 2.45) is 0 Å². The van der Waals surface area contributed by atoms with Crippen molar-refractivity contribution in [3.63, 3.8) is 0 Å². The molecule has 0 saturated heterocycles. The molecule has 0 radical (unpaired) electrons. The molecule has 0 spiro atoms. The predicted octanol–water partition coefficient (Wildman–Crippen LogP) is 2.00. The molecule has 1 unspecified atom stereocenters. The van der Waals surface area contributed by atoms with Crippen LogP contribution in [0, 0.1) is 6.92 Å². The van der Waals surface area contributed by atoms with Crippen molar-refractivity contribution < 1.29 is 8.42 Å². The molecule has 18 heavy (non-hydrogen) atoms. The van der Waals surface area contributed by atoms with Gasteiger partial charge in [0.2, 0.25) is 10.0 Å². The highest BCUT2D eigenvalue weighted by Crippen LogP contribution is 2.16. The Morgan fingerprint density at radius 3 is 2.61 bits per heavy atom. The number of anilines is 1. The Kier molecular flexibility index (Phi) is 5.49. The summed E-state index contributed by atoms with van der Waals surface area (Å²) in [6.45, 7) is 4.34. The molecule has 1 aromatic carbocycles. The fourth-order valence-electron chi connectivity index (χ4n) is 1.53. The van der Waals surface area contributed by atoms with Gasteiger partial charge >= 0.3 is 0 Å². The second-order valence-corrected chi connectivity index (χ2v) is 7.36. The third kappa shape index (κ3) is 4.51. The zero-order chi connectivity index (χ0) is 13.8. The first-order valence-electron chi connectivity index (χ1n) is 5.75. The number of hydrogen-bond acceptors (Lipinski definition) is 4. The smallest absolute Gasteiger partial charge is 0.240 e. The van der Waals surface area contributed by atoms with Gasteiger partial charge in [-0.1, -0.05) is 6.92 Å². The number of sulfonamides is 1. The van der Waals surface area contributed by atoms with Crippen LogP contribution in [0.1, 0.15) is 18.9 Å². The van der Waals surface area contributed by atoms with Crippen LogP contribution in [0.3, 0.4) is 0 Å². The molecule has 0 aliphatic rings. The molecule has 0 heterocycles. The van der Waals surface area contributed by atoms with Crippen molar-refractivity contribution in [2.45, 2.75) is 30.4 Å². The molecule has 0 aliphatic heterocycles. The minimum atomic E-state index is -3.45. The van der Waals surface area contributed by atoms with E-state index in [9.17, 15) is 8.42 Å². The SMILES string of the molecule is CSC(C)CCNS(=O)(=O)c1cc(C)cc(N)c1. The van der Waals surface area contributed by atoms with Crippen LogP contribution >= 0.6 is 11.8 Å². The average Bonchev–Trinajstić information content (AvgIpc) is 2.27. The second-order valence-electron chi connectivity index (χ2n) is 4.31. The van der Waals surface area contributed by atoms with Gasteiger partial charge in [-0.2, -0.15) is 11.8 Å². The van der Waals surface area contributed by atoms with Gasteiger partial charge in [0.25, 0.3) is 0 Å². The minimum Gasteiger partial charge on any atom is -0.399 e. The molecule has 1 atom stereocenters. The lowest BCUT2D eigenvalue weighted by atomic mass is 10.2. The Morgan fingerprint density at radius 1 is 1.39 bits per heavy atom. The Bertz CT molecular complexity index is 481. The third-order valence-corrected chi connectivity index (χ3v) is 5.11. The highest BCUT2D eigenvalue weighted by molar-refractivity contribution is 7.99. The maximum absolute atomic E-state index is 12.0. The Labute approximate surface area is 113 Å². The average molecular weight is 288 g/mol. The Morgan fingerprint density at radius 2 is 2.06 bits per heavy atom. The summed E-state index contributed by atoms with van der Waals surface area (Å²) in [7, 11) is -3.45. The van der Waals surface area contributed by atoms with Crippen LogP contribution in [0.2, 0.25) is 0 Å². The van der Waals surface area contributed by atoms with Crippen LogP contribution in [-0.4, -0.2) is 26.5 Å². The highest BCUT2D eigenvalue weighted by Gasteiger charge is 2.14. The van der Waals surface area contributed by atoms with Crippen LogP contribution in [0.25, 0.3) is 0 Å². The Hall–Kier alpha value is -0.720. The number of nitrogen functional groups attached to an aromatic ring is 1. The molecule has 0 aromatic heterocycles. The topological polar surface area (TPSA) is 72.2 Å². The van der Waals surface area contributed by atoms with Crippen LogP contribution < -0.4 is 10.5 Å². The molecule has 3 N–H and O–H groups in total. The molecule has 4 nitrogen and oxygen atoms in total. The zero-order valence-electron chi connectivity index (χ0n) is 10.9. The van der Waals surface area contributed by atoms with Gasteiger partial charge in [0.1, 0.15) is 0 Å². The fraction of sp³-hybridized carbons (Fsp3) is 0.500. The molecule has 0 amide bonds. The van der Waals surface area contributed by atoms with Crippen LogP contribution in [0.5, 0.6) is 0 Å². The first-order valence-corrected chi connectivity index (χ1v) is 8.52. The first-order chi connectivity index (χ1) is 8.35. The summed E-state index contributed by atoms with van der Waals surface area (Å²) in [6, 6.07) is 4.85. The summed E-state index contributed by atoms with van der Waals surface area (Å²) in [5, 5.41) is 0.440. The van der Waals surface area contributed by atoms with Crippen LogP contribution in [0.4, 0.5) is 5.69 Å². The molecular weight excluding hydrogens is 268 g/mol. The maximum Gasteiger partial charge on any atom is 0.240 e. The molecule has 0 saturated carbocycles. The first kappa shape index (κ1) is 15.3. The Balaban J connectivity index is 2.74. The van der Waals surface area contributed by atoms with E-state index < -0.39 is 10.0 Å². The number of rotatable bonds is 6. The van der Waals surface area contributed by atoms with Gasteiger partial charge in [-0.05, 0) is 43.4 Å². The van der Waals surface area contributed by atoms with Gasteiger partial charge in [0.15, 0.2) is 0 Å². The van der Waals surface area contributed by atoms with Gasteiger partial charge in [0.05, 0.1) is 4.90 Å². The van der Waals surface area contributed by atoms with Crippen molar-refractivity contribution in [1.82, 2.24) is 4.72 Å². The van der Waals surface area contributed by atoms with Crippen molar-refractivity contribution >= 4 is 27.5 Å². The molecule has 0 fully saturated rings. The van der Waals surface area contributed by atoms with E-state index >= 15 is 0 Å². The van der Waals surface area contributed by atoms with E-state index in [2.05, 4.69) is 11.6 Å². The summed E-state index contributed by atoms with van der Waals surface area (Å²) >= 11 is 1.72. The van der Waals surface area contributed by atoms with Crippen molar-refractivity contribution in [2.75, 3.05) is 18.5 Å². The van der Waals surface area contributed by atoms with Crippen LogP contribution in [-0.2, 0) is 10.0 Å². The van der Waals surface area contributed by atoms with Gasteiger partial charge in [-0.25, -0.2) is 13.1 Å². The van der Waals surface area contributed by atoms with E-state index in [1.54, 1.807) is 23.9 Å². The number of nitrogens with two attached hydrogens (primary N) is 1. The monoisotopic (exact) mass is 288 g/mol. The normalized spacial score (nSPS) is 13.5. The standard InChI is InChI=1S/C12H20N2O2S2/c1-9-6-11(13)8-12(7-9)18(15,16)14-5-4-10(2)17-3/h6-8,10,14H,4-5,13H2,1-3H3. The number of thioether (sulfide) groups is 1. The van der Waals surface area contributed by atoms with E-state index in [0.717, 1.165) is 12.0 Å². The second kappa shape index (κ2) is 6.45. The van der Waals surface area contributed by atoms with Crippen molar-refractivity contribution in [3.05, 3.63) is 23.8 Å². The summed E-state index contributed by atoms with van der Waals surface area (Å²) < 4.78 is 26.7. The lowest BCUT2D eigenvalue weighted by Crippen LogP contribution is -2.26. The highest BCUT2D eigenvalue weighted by atomic mass is 32.2. The fourth-order valence-corrected chi connectivity index (χ4v) is 3.07. The van der Waals surface area contributed by atoms with E-state index in [-0.39, 0.29) is 4.90 Å². The van der Waals surface area contributed by atoms with E-state index in [1.807, 2.05) is 13.2 Å². The summed E-state index contributed by atoms with van der Waals surface area (Å²) in [5.41, 5.74) is 6.97. The molecule has 1 aromatic rings. The van der Waals surface area contributed by atoms with E-state index in [0.29, 0.717) is 17.5 Å². The summed E-state index contributed by atoms with van der Waals surface area (Å²) in [4.78, 5) is 0.233. The third-order valence-electron chi connectivity index (χ3n) is 2.63. The molecule has 0 aliphatic carbocycles. The number of nitrogens with one attached hydrogen (secondary N) is 1. The number of hydrogen-bond donors (Lipinski definition) is 2. The van der Waals surface area contributed by atoms with Gasteiger partial charge in [0, 0.05) is 17.5 Å². The van der Waals surface area contributed by atoms with E-state index in [1.165, 1.54) is 6.07 Å². The molecule has 0 bridgehead atoms. The quantitative estimate of drug-likeness (QED) is 0.785. The summed E-state index contributed by atoms with van der Waals surface area (Å²) in [5.74, 6) is 0. The molecular formula is C12H20N2O2S2. The maximum atomic E-state index is 12.0. The molecule has 102 valence electrons. The van der Waals surface area contributed by atoms with Crippen molar-refractivity contribution in [3.8, 4) is 0 Å². The largest absolute Gasteiger partial charge is 0.399 e. The van der Waals surface area contributed by atoms with Crippen LogP contribution in [0.15, 0.2) is 23.1 Å². The molecule has 6 heteroatoms. The minimum absolute atomic E-state index is 0.233. The lowest BCUT2D eigenvalue weighted by molar-refractivity contribution is 0.579. The molecule has 1 rings (SSSR count). The zero-order valence-corrected chi connectivity index (χ0v) is 12.6. The van der Waals surface area contributed by atoms with Gasteiger partial charge in [-0.3, -0.25) is 0 Å². The van der Waals surface area contributed by atoms with Crippen molar-refractivity contribution in [1.29, 1.82) is 0 Å². The van der Waals surface area contributed by atoms with E-state index in [4.69, 9.17) is 5.73 Å². The number of aryl methyl sites for hydroxylation is 1.